The molecular formula is C12H14N2O2. The zero-order chi connectivity index (χ0) is 11.7. The fraction of sp³-hybridized carbons (Fsp3) is 0.250. The second kappa shape index (κ2) is 3.89. The molecule has 4 nitrogen and oxygen atoms in total. The highest BCUT2D eigenvalue weighted by Crippen LogP contribution is 2.26. The molecule has 1 aromatic carbocycles. The molecule has 0 saturated carbocycles. The predicted molar refractivity (Wildman–Crippen MR) is 62.6 cm³/mol. The van der Waals surface area contributed by atoms with Crippen LogP contribution in [-0.2, 0) is 7.05 Å². The number of benzene rings is 1. The van der Waals surface area contributed by atoms with E-state index >= 15 is 0 Å². The molecule has 4 heteroatoms. The Morgan fingerprint density at radius 2 is 2.06 bits per heavy atom. The smallest absolute Gasteiger partial charge is 0.408 e. The van der Waals surface area contributed by atoms with Crippen molar-refractivity contribution in [2.45, 2.75) is 0 Å². The van der Waals surface area contributed by atoms with Crippen LogP contribution in [0.25, 0.3) is 10.9 Å². The lowest BCUT2D eigenvalue weighted by Gasteiger charge is -2.12. The van der Waals surface area contributed by atoms with E-state index in [0.29, 0.717) is 5.75 Å². The number of para-hydroxylation sites is 1. The first-order valence-corrected chi connectivity index (χ1v) is 5.03. The van der Waals surface area contributed by atoms with Crippen LogP contribution in [0.2, 0.25) is 0 Å². The lowest BCUT2D eigenvalue weighted by molar-refractivity contribution is 0.172. The van der Waals surface area contributed by atoms with E-state index in [1.807, 2.05) is 36.0 Å². The third kappa shape index (κ3) is 1.74. The molecule has 84 valence electrons. The highest BCUT2D eigenvalue weighted by molar-refractivity contribution is 5.88. The molecule has 0 N–H and O–H groups in total. The summed E-state index contributed by atoms with van der Waals surface area (Å²) in [5.41, 5.74) is 0.928. The first-order valence-electron chi connectivity index (χ1n) is 5.03. The molecule has 0 aliphatic heterocycles. The molecule has 2 rings (SSSR count). The van der Waals surface area contributed by atoms with Gasteiger partial charge in [0.15, 0.2) is 5.75 Å². The summed E-state index contributed by atoms with van der Waals surface area (Å²) in [7, 11) is 5.25. The van der Waals surface area contributed by atoms with Crippen LogP contribution < -0.4 is 4.74 Å². The van der Waals surface area contributed by atoms with Crippen molar-refractivity contribution in [1.82, 2.24) is 9.47 Å². The van der Waals surface area contributed by atoms with E-state index in [-0.39, 0.29) is 6.09 Å². The minimum Gasteiger partial charge on any atom is -0.408 e. The second-order valence-corrected chi connectivity index (χ2v) is 3.88. The molecule has 16 heavy (non-hydrogen) atoms. The van der Waals surface area contributed by atoms with Crippen molar-refractivity contribution in [3.05, 3.63) is 30.5 Å². The maximum Gasteiger partial charge on any atom is 0.414 e. The number of aromatic nitrogens is 1. The standard InChI is InChI=1S/C12H14N2O2/c1-13(2)12(15)16-10-6-4-5-9-7-8-14(3)11(9)10/h4-8H,1-3H3. The van der Waals surface area contributed by atoms with Crippen LogP contribution in [0.3, 0.4) is 0 Å². The Kier molecular flexibility index (Phi) is 2.56. The molecule has 0 unspecified atom stereocenters. The zero-order valence-corrected chi connectivity index (χ0v) is 9.60. The highest BCUT2D eigenvalue weighted by atomic mass is 16.6. The van der Waals surface area contributed by atoms with Crippen LogP contribution >= 0.6 is 0 Å². The Morgan fingerprint density at radius 3 is 2.75 bits per heavy atom. The van der Waals surface area contributed by atoms with Crippen LogP contribution in [0.4, 0.5) is 4.79 Å². The van der Waals surface area contributed by atoms with Crippen molar-refractivity contribution in [3.63, 3.8) is 0 Å². The molecule has 1 aromatic heterocycles. The van der Waals surface area contributed by atoms with Crippen molar-refractivity contribution in [2.75, 3.05) is 14.1 Å². The van der Waals surface area contributed by atoms with Gasteiger partial charge in [-0.15, -0.1) is 0 Å². The third-order valence-corrected chi connectivity index (χ3v) is 2.42. The van der Waals surface area contributed by atoms with Gasteiger partial charge in [-0.1, -0.05) is 12.1 Å². The Balaban J connectivity index is 2.44. The van der Waals surface area contributed by atoms with E-state index < -0.39 is 0 Å². The zero-order valence-electron chi connectivity index (χ0n) is 9.60. The molecule has 0 fully saturated rings. The number of carbonyl (C=O) groups excluding carboxylic acids is 1. The van der Waals surface area contributed by atoms with E-state index in [1.165, 1.54) is 4.90 Å². The lowest BCUT2D eigenvalue weighted by atomic mass is 10.2. The van der Waals surface area contributed by atoms with Crippen molar-refractivity contribution in [1.29, 1.82) is 0 Å². The summed E-state index contributed by atoms with van der Waals surface area (Å²) in [6, 6.07) is 7.65. The van der Waals surface area contributed by atoms with Gasteiger partial charge in [0.1, 0.15) is 0 Å². The normalized spacial score (nSPS) is 10.4. The molecule has 1 heterocycles. The quantitative estimate of drug-likeness (QED) is 0.735. The molecule has 2 aromatic rings. The van der Waals surface area contributed by atoms with E-state index in [9.17, 15) is 4.79 Å². The van der Waals surface area contributed by atoms with Gasteiger partial charge in [0.2, 0.25) is 0 Å². The molecule has 0 aliphatic rings. The number of carbonyl (C=O) groups is 1. The maximum absolute atomic E-state index is 11.5. The van der Waals surface area contributed by atoms with Gasteiger partial charge in [0, 0.05) is 32.7 Å². The molecule has 0 spiro atoms. The summed E-state index contributed by atoms with van der Waals surface area (Å²) in [4.78, 5) is 12.9. The second-order valence-electron chi connectivity index (χ2n) is 3.88. The molecule has 0 radical (unpaired) electrons. The first-order chi connectivity index (χ1) is 7.59. The Labute approximate surface area is 94.0 Å². The fourth-order valence-corrected chi connectivity index (χ4v) is 1.59. The van der Waals surface area contributed by atoms with Crippen molar-refractivity contribution < 1.29 is 9.53 Å². The number of ether oxygens (including phenoxy) is 1. The summed E-state index contributed by atoms with van der Waals surface area (Å²) in [5, 5.41) is 1.06. The largest absolute Gasteiger partial charge is 0.414 e. The van der Waals surface area contributed by atoms with Gasteiger partial charge in [0.05, 0.1) is 5.52 Å². The predicted octanol–water partition coefficient (Wildman–Crippen LogP) is 2.24. The SMILES string of the molecule is CN(C)C(=O)Oc1cccc2ccn(C)c12. The van der Waals surface area contributed by atoms with Crippen molar-refractivity contribution in [3.8, 4) is 5.75 Å². The van der Waals surface area contributed by atoms with Crippen LogP contribution in [0.15, 0.2) is 30.5 Å². The van der Waals surface area contributed by atoms with Gasteiger partial charge in [-0.3, -0.25) is 0 Å². The number of fused-ring (bicyclic) bond motifs is 1. The molecule has 0 atom stereocenters. The van der Waals surface area contributed by atoms with E-state index in [1.54, 1.807) is 20.2 Å². The molecule has 0 saturated heterocycles. The van der Waals surface area contributed by atoms with Crippen LogP contribution in [0.5, 0.6) is 5.75 Å². The number of amides is 1. The number of hydrogen-bond acceptors (Lipinski definition) is 2. The van der Waals surface area contributed by atoms with Crippen LogP contribution in [-0.4, -0.2) is 29.7 Å². The minimum atomic E-state index is -0.367. The number of hydrogen-bond donors (Lipinski definition) is 0. The van der Waals surface area contributed by atoms with Crippen LogP contribution in [0.1, 0.15) is 0 Å². The van der Waals surface area contributed by atoms with E-state index in [0.717, 1.165) is 10.9 Å². The van der Waals surface area contributed by atoms with Gasteiger partial charge >= 0.3 is 6.09 Å². The van der Waals surface area contributed by atoms with Gasteiger partial charge in [-0.05, 0) is 12.1 Å². The van der Waals surface area contributed by atoms with Crippen LogP contribution in [0, 0.1) is 0 Å². The number of nitrogens with zero attached hydrogens (tertiary/aromatic N) is 2. The number of aryl methyl sites for hydroxylation is 1. The van der Waals surface area contributed by atoms with Crippen molar-refractivity contribution in [2.24, 2.45) is 7.05 Å². The average molecular weight is 218 g/mol. The molecular weight excluding hydrogens is 204 g/mol. The third-order valence-electron chi connectivity index (χ3n) is 2.42. The monoisotopic (exact) mass is 218 g/mol. The minimum absolute atomic E-state index is 0.367. The molecule has 0 aliphatic carbocycles. The van der Waals surface area contributed by atoms with Gasteiger partial charge in [-0.2, -0.15) is 0 Å². The van der Waals surface area contributed by atoms with Gasteiger partial charge in [-0.25, -0.2) is 4.79 Å². The highest BCUT2D eigenvalue weighted by Gasteiger charge is 2.11. The van der Waals surface area contributed by atoms with E-state index in [2.05, 4.69) is 0 Å². The maximum atomic E-state index is 11.5. The Morgan fingerprint density at radius 1 is 1.31 bits per heavy atom. The van der Waals surface area contributed by atoms with Gasteiger partial charge in [0.25, 0.3) is 0 Å². The average Bonchev–Trinajstić information content (AvgIpc) is 2.61. The Bertz CT molecular complexity index is 529. The summed E-state index contributed by atoms with van der Waals surface area (Å²) >= 11 is 0. The summed E-state index contributed by atoms with van der Waals surface area (Å²) in [6.45, 7) is 0. The van der Waals surface area contributed by atoms with E-state index in [4.69, 9.17) is 4.74 Å². The summed E-state index contributed by atoms with van der Waals surface area (Å²) in [5.74, 6) is 0.587. The summed E-state index contributed by atoms with van der Waals surface area (Å²) < 4.78 is 7.23. The lowest BCUT2D eigenvalue weighted by Crippen LogP contribution is -2.25. The summed E-state index contributed by atoms with van der Waals surface area (Å²) in [6.07, 6.45) is 1.58. The Hall–Kier alpha value is -1.97. The fourth-order valence-electron chi connectivity index (χ4n) is 1.59. The van der Waals surface area contributed by atoms with Crippen molar-refractivity contribution >= 4 is 17.0 Å². The molecule has 0 bridgehead atoms. The molecule has 1 amide bonds. The van der Waals surface area contributed by atoms with Gasteiger partial charge < -0.3 is 14.2 Å². The topological polar surface area (TPSA) is 34.5 Å². The number of rotatable bonds is 1. The first kappa shape index (κ1) is 10.5.